The molecule has 0 aliphatic heterocycles. The Balaban J connectivity index is 2.27. The number of aromatic nitrogens is 2. The van der Waals surface area contributed by atoms with Crippen LogP contribution in [0, 0.1) is 5.92 Å². The molecular formula is C13H17N3O. The van der Waals surface area contributed by atoms with Crippen LogP contribution in [-0.2, 0) is 6.54 Å². The average molecular weight is 231 g/mol. The van der Waals surface area contributed by atoms with E-state index in [1.165, 1.54) is 0 Å². The molecule has 1 heterocycles. The quantitative estimate of drug-likeness (QED) is 0.788. The Bertz CT molecular complexity index is 476. The van der Waals surface area contributed by atoms with Gasteiger partial charge in [-0.15, -0.1) is 0 Å². The second-order valence-corrected chi connectivity index (χ2v) is 4.31. The van der Waals surface area contributed by atoms with Crippen molar-refractivity contribution in [2.24, 2.45) is 5.92 Å². The molecule has 0 fully saturated rings. The zero-order chi connectivity index (χ0) is 12.3. The van der Waals surface area contributed by atoms with Crippen molar-refractivity contribution in [3.05, 3.63) is 36.7 Å². The van der Waals surface area contributed by atoms with Crippen molar-refractivity contribution in [2.75, 3.05) is 12.3 Å². The van der Waals surface area contributed by atoms with Crippen LogP contribution in [0.4, 0.5) is 5.69 Å². The number of nitrogens with zero attached hydrogens (tertiary/aromatic N) is 2. The number of nitrogens with two attached hydrogens (primary N) is 1. The fourth-order valence-corrected chi connectivity index (χ4v) is 1.74. The first kappa shape index (κ1) is 11.7. The molecular weight excluding hydrogens is 214 g/mol. The number of nitrogen functional groups attached to an aromatic ring is 1. The van der Waals surface area contributed by atoms with Gasteiger partial charge in [-0.05, 0) is 30.2 Å². The Morgan fingerprint density at radius 3 is 2.71 bits per heavy atom. The number of benzene rings is 1. The molecule has 0 bridgehead atoms. The van der Waals surface area contributed by atoms with Crippen LogP contribution in [0.15, 0.2) is 36.7 Å². The molecule has 0 saturated carbocycles. The molecule has 0 aliphatic carbocycles. The maximum Gasteiger partial charge on any atom is 0.139 e. The molecule has 1 aromatic carbocycles. The SMILES string of the molecule is CC(CO)Cn1ccnc1-c1ccc(N)cc1. The summed E-state index contributed by atoms with van der Waals surface area (Å²) in [4.78, 5) is 4.34. The highest BCUT2D eigenvalue weighted by molar-refractivity contribution is 5.59. The highest BCUT2D eigenvalue weighted by Gasteiger charge is 2.08. The van der Waals surface area contributed by atoms with E-state index in [9.17, 15) is 0 Å². The number of rotatable bonds is 4. The van der Waals surface area contributed by atoms with E-state index in [-0.39, 0.29) is 12.5 Å². The summed E-state index contributed by atoms with van der Waals surface area (Å²) in [7, 11) is 0. The molecule has 1 unspecified atom stereocenters. The van der Waals surface area contributed by atoms with Gasteiger partial charge in [0.2, 0.25) is 0 Å². The van der Waals surface area contributed by atoms with Gasteiger partial charge in [0.1, 0.15) is 5.82 Å². The third-order valence-corrected chi connectivity index (χ3v) is 2.70. The first-order valence-electron chi connectivity index (χ1n) is 5.68. The molecule has 0 radical (unpaired) electrons. The number of hydrogen-bond acceptors (Lipinski definition) is 3. The highest BCUT2D eigenvalue weighted by atomic mass is 16.3. The van der Waals surface area contributed by atoms with E-state index in [1.807, 2.05) is 42.0 Å². The first-order valence-corrected chi connectivity index (χ1v) is 5.68. The first-order chi connectivity index (χ1) is 8.20. The maximum absolute atomic E-state index is 9.08. The van der Waals surface area contributed by atoms with Gasteiger partial charge in [-0.2, -0.15) is 0 Å². The van der Waals surface area contributed by atoms with Crippen molar-refractivity contribution >= 4 is 5.69 Å². The van der Waals surface area contributed by atoms with Gasteiger partial charge in [0, 0.05) is 36.8 Å². The minimum atomic E-state index is 0.180. The van der Waals surface area contributed by atoms with Crippen LogP contribution < -0.4 is 5.73 Å². The lowest BCUT2D eigenvalue weighted by Gasteiger charge is -2.12. The molecule has 1 atom stereocenters. The molecule has 0 aliphatic rings. The van der Waals surface area contributed by atoms with Crippen molar-refractivity contribution in [1.82, 2.24) is 9.55 Å². The van der Waals surface area contributed by atoms with Crippen molar-refractivity contribution < 1.29 is 5.11 Å². The van der Waals surface area contributed by atoms with Crippen molar-refractivity contribution in [2.45, 2.75) is 13.5 Å². The summed E-state index contributed by atoms with van der Waals surface area (Å²) in [6.07, 6.45) is 3.70. The van der Waals surface area contributed by atoms with Crippen molar-refractivity contribution in [3.8, 4) is 11.4 Å². The van der Waals surface area contributed by atoms with Crippen molar-refractivity contribution in [1.29, 1.82) is 0 Å². The number of aliphatic hydroxyl groups excluding tert-OH is 1. The average Bonchev–Trinajstić information content (AvgIpc) is 2.78. The smallest absolute Gasteiger partial charge is 0.139 e. The minimum absolute atomic E-state index is 0.180. The Kier molecular flexibility index (Phi) is 3.44. The minimum Gasteiger partial charge on any atom is -0.399 e. The molecule has 90 valence electrons. The predicted octanol–water partition coefficient (Wildman–Crippen LogP) is 1.76. The van der Waals surface area contributed by atoms with E-state index in [1.54, 1.807) is 6.20 Å². The van der Waals surface area contributed by atoms with Gasteiger partial charge in [-0.3, -0.25) is 0 Å². The predicted molar refractivity (Wildman–Crippen MR) is 68.3 cm³/mol. The lowest BCUT2D eigenvalue weighted by atomic mass is 10.1. The standard InChI is InChI=1S/C13H17N3O/c1-10(9-17)8-16-7-6-15-13(16)11-2-4-12(14)5-3-11/h2-7,10,17H,8-9,14H2,1H3. The fourth-order valence-electron chi connectivity index (χ4n) is 1.74. The molecule has 3 N–H and O–H groups in total. The zero-order valence-electron chi connectivity index (χ0n) is 9.87. The summed E-state index contributed by atoms with van der Waals surface area (Å²) in [5.41, 5.74) is 7.44. The summed E-state index contributed by atoms with van der Waals surface area (Å²) >= 11 is 0. The van der Waals surface area contributed by atoms with Crippen LogP contribution in [0.5, 0.6) is 0 Å². The summed E-state index contributed by atoms with van der Waals surface area (Å²) in [6, 6.07) is 7.64. The third-order valence-electron chi connectivity index (χ3n) is 2.70. The second kappa shape index (κ2) is 5.01. The summed E-state index contributed by atoms with van der Waals surface area (Å²) in [5.74, 6) is 1.13. The number of hydrogen-bond donors (Lipinski definition) is 2. The second-order valence-electron chi connectivity index (χ2n) is 4.31. The third kappa shape index (κ3) is 2.65. The van der Waals surface area contributed by atoms with Gasteiger partial charge in [0.05, 0.1) is 0 Å². The molecule has 4 nitrogen and oxygen atoms in total. The highest BCUT2D eigenvalue weighted by Crippen LogP contribution is 2.19. The summed E-state index contributed by atoms with van der Waals surface area (Å²) in [5, 5.41) is 9.08. The van der Waals surface area contributed by atoms with E-state index in [4.69, 9.17) is 10.8 Å². The lowest BCUT2D eigenvalue weighted by Crippen LogP contribution is -2.11. The molecule has 4 heteroatoms. The fraction of sp³-hybridized carbons (Fsp3) is 0.308. The van der Waals surface area contributed by atoms with E-state index in [2.05, 4.69) is 4.98 Å². The van der Waals surface area contributed by atoms with Crippen LogP contribution in [-0.4, -0.2) is 21.3 Å². The van der Waals surface area contributed by atoms with E-state index in [0.717, 1.165) is 23.6 Å². The van der Waals surface area contributed by atoms with Crippen LogP contribution in [0.1, 0.15) is 6.92 Å². The molecule has 0 spiro atoms. The van der Waals surface area contributed by atoms with Gasteiger partial charge in [0.25, 0.3) is 0 Å². The summed E-state index contributed by atoms with van der Waals surface area (Å²) < 4.78 is 2.05. The molecule has 0 amide bonds. The molecule has 0 saturated heterocycles. The van der Waals surface area contributed by atoms with Gasteiger partial charge in [-0.25, -0.2) is 4.98 Å². The molecule has 2 aromatic rings. The van der Waals surface area contributed by atoms with Crippen LogP contribution >= 0.6 is 0 Å². The molecule has 17 heavy (non-hydrogen) atoms. The zero-order valence-corrected chi connectivity index (χ0v) is 9.87. The van der Waals surface area contributed by atoms with Crippen LogP contribution in [0.2, 0.25) is 0 Å². The van der Waals surface area contributed by atoms with Gasteiger partial charge >= 0.3 is 0 Å². The van der Waals surface area contributed by atoms with Crippen LogP contribution in [0.3, 0.4) is 0 Å². The van der Waals surface area contributed by atoms with E-state index < -0.39 is 0 Å². The Labute approximate surface area is 101 Å². The van der Waals surface area contributed by atoms with Gasteiger partial charge < -0.3 is 15.4 Å². The Morgan fingerprint density at radius 1 is 1.35 bits per heavy atom. The lowest BCUT2D eigenvalue weighted by molar-refractivity contribution is 0.223. The monoisotopic (exact) mass is 231 g/mol. The maximum atomic E-state index is 9.08. The number of imidazole rings is 1. The van der Waals surface area contributed by atoms with Gasteiger partial charge in [-0.1, -0.05) is 6.92 Å². The van der Waals surface area contributed by atoms with Crippen molar-refractivity contribution in [3.63, 3.8) is 0 Å². The summed E-state index contributed by atoms with van der Waals surface area (Å²) in [6.45, 7) is 2.95. The number of anilines is 1. The van der Waals surface area contributed by atoms with Crippen LogP contribution in [0.25, 0.3) is 11.4 Å². The topological polar surface area (TPSA) is 64.1 Å². The van der Waals surface area contributed by atoms with Gasteiger partial charge in [0.15, 0.2) is 0 Å². The van der Waals surface area contributed by atoms with E-state index >= 15 is 0 Å². The molecule has 2 rings (SSSR count). The van der Waals surface area contributed by atoms with E-state index in [0.29, 0.717) is 0 Å². The number of aliphatic hydroxyl groups is 1. The Hall–Kier alpha value is -1.81. The largest absolute Gasteiger partial charge is 0.399 e. The normalized spacial score (nSPS) is 12.6. The Morgan fingerprint density at radius 2 is 2.06 bits per heavy atom. The molecule has 1 aromatic heterocycles.